The summed E-state index contributed by atoms with van der Waals surface area (Å²) in [4.78, 5) is 8.64. The number of nitrogens with one attached hydrogen (secondary N) is 1. The number of rotatable bonds is 4. The summed E-state index contributed by atoms with van der Waals surface area (Å²) in [5.74, 6) is 2.51. The van der Waals surface area contributed by atoms with E-state index >= 15 is 0 Å². The topological polar surface area (TPSA) is 73.1 Å². The Balaban J connectivity index is 1.67. The van der Waals surface area contributed by atoms with E-state index in [2.05, 4.69) is 20.4 Å². The van der Waals surface area contributed by atoms with Crippen LogP contribution in [0.5, 0.6) is 5.88 Å². The van der Waals surface area contributed by atoms with Gasteiger partial charge in [-0.15, -0.1) is 0 Å². The third-order valence-electron chi connectivity index (χ3n) is 3.83. The molecule has 0 amide bonds. The van der Waals surface area contributed by atoms with Crippen molar-refractivity contribution in [2.24, 2.45) is 5.92 Å². The van der Waals surface area contributed by atoms with Crippen LogP contribution in [0.1, 0.15) is 25.2 Å². The lowest BCUT2D eigenvalue weighted by Crippen LogP contribution is -2.14. The van der Waals surface area contributed by atoms with E-state index in [1.165, 1.54) is 19.3 Å². The van der Waals surface area contributed by atoms with E-state index in [4.69, 9.17) is 9.26 Å². The molecule has 3 heterocycles. The summed E-state index contributed by atoms with van der Waals surface area (Å²) >= 11 is 0. The first-order valence-corrected chi connectivity index (χ1v) is 7.39. The molecule has 0 saturated carbocycles. The van der Waals surface area contributed by atoms with Crippen LogP contribution >= 0.6 is 0 Å². The lowest BCUT2D eigenvalue weighted by Gasteiger charge is -2.09. The monoisotopic (exact) mass is 288 g/mol. The lowest BCUT2D eigenvalue weighted by atomic mass is 9.97. The Kier molecular flexibility index (Phi) is 4.45. The van der Waals surface area contributed by atoms with Gasteiger partial charge in [0, 0.05) is 24.2 Å². The second-order valence-electron chi connectivity index (χ2n) is 5.35. The van der Waals surface area contributed by atoms with Gasteiger partial charge >= 0.3 is 0 Å². The zero-order chi connectivity index (χ0) is 14.5. The van der Waals surface area contributed by atoms with E-state index in [1.54, 1.807) is 19.4 Å². The summed E-state index contributed by atoms with van der Waals surface area (Å²) in [5, 5.41) is 7.47. The minimum Gasteiger partial charge on any atom is -0.481 e. The maximum atomic E-state index is 5.38. The van der Waals surface area contributed by atoms with Gasteiger partial charge in [-0.1, -0.05) is 5.16 Å². The number of ether oxygens (including phenoxy) is 1. The molecule has 3 rings (SSSR count). The van der Waals surface area contributed by atoms with E-state index < -0.39 is 0 Å². The van der Waals surface area contributed by atoms with Crippen molar-refractivity contribution in [3.63, 3.8) is 0 Å². The zero-order valence-electron chi connectivity index (χ0n) is 12.2. The van der Waals surface area contributed by atoms with Crippen molar-refractivity contribution in [2.75, 3.05) is 20.2 Å². The maximum Gasteiger partial charge on any atom is 0.227 e. The molecule has 1 unspecified atom stereocenters. The Morgan fingerprint density at radius 2 is 2.29 bits per heavy atom. The molecular formula is C15H20N4O2. The Morgan fingerprint density at radius 1 is 1.33 bits per heavy atom. The lowest BCUT2D eigenvalue weighted by molar-refractivity contribution is 0.341. The fraction of sp³-hybridized carbons (Fsp3) is 0.533. The number of nitrogens with zero attached hydrogens (tertiary/aromatic N) is 3. The number of aromatic nitrogens is 3. The van der Waals surface area contributed by atoms with Crippen LogP contribution in [0.25, 0.3) is 11.4 Å². The van der Waals surface area contributed by atoms with E-state index in [-0.39, 0.29) is 0 Å². The van der Waals surface area contributed by atoms with Crippen LogP contribution in [0.4, 0.5) is 0 Å². The first-order valence-electron chi connectivity index (χ1n) is 7.39. The first kappa shape index (κ1) is 14.0. The number of hydrogen-bond acceptors (Lipinski definition) is 6. The van der Waals surface area contributed by atoms with Gasteiger partial charge in [-0.2, -0.15) is 4.98 Å². The van der Waals surface area contributed by atoms with Crippen LogP contribution in [0.15, 0.2) is 22.9 Å². The van der Waals surface area contributed by atoms with Gasteiger partial charge < -0.3 is 14.6 Å². The highest BCUT2D eigenvalue weighted by atomic mass is 16.5. The molecule has 1 aliphatic rings. The highest BCUT2D eigenvalue weighted by Gasteiger charge is 2.17. The van der Waals surface area contributed by atoms with Crippen molar-refractivity contribution in [1.82, 2.24) is 20.4 Å². The predicted octanol–water partition coefficient (Wildman–Crippen LogP) is 2.07. The average molecular weight is 288 g/mol. The third-order valence-corrected chi connectivity index (χ3v) is 3.83. The number of pyridine rings is 1. The third kappa shape index (κ3) is 3.58. The molecule has 1 aliphatic heterocycles. The summed E-state index contributed by atoms with van der Waals surface area (Å²) < 4.78 is 10.4. The molecule has 2 aromatic rings. The van der Waals surface area contributed by atoms with Gasteiger partial charge in [0.2, 0.25) is 17.6 Å². The highest BCUT2D eigenvalue weighted by Crippen LogP contribution is 2.21. The van der Waals surface area contributed by atoms with E-state index in [9.17, 15) is 0 Å². The molecule has 0 aliphatic carbocycles. The summed E-state index contributed by atoms with van der Waals surface area (Å²) in [6.07, 6.45) is 6.16. The van der Waals surface area contributed by atoms with Gasteiger partial charge in [0.15, 0.2) is 0 Å². The van der Waals surface area contributed by atoms with Crippen LogP contribution < -0.4 is 10.1 Å². The summed E-state index contributed by atoms with van der Waals surface area (Å²) in [5.41, 5.74) is 0.841. The van der Waals surface area contributed by atoms with Crippen molar-refractivity contribution in [3.05, 3.63) is 24.2 Å². The molecule has 6 nitrogen and oxygen atoms in total. The summed E-state index contributed by atoms with van der Waals surface area (Å²) in [6.45, 7) is 2.19. The Labute approximate surface area is 123 Å². The molecule has 0 radical (unpaired) electrons. The fourth-order valence-corrected chi connectivity index (χ4v) is 2.63. The zero-order valence-corrected chi connectivity index (χ0v) is 12.2. The number of hydrogen-bond donors (Lipinski definition) is 1. The molecule has 112 valence electrons. The summed E-state index contributed by atoms with van der Waals surface area (Å²) in [7, 11) is 1.59. The van der Waals surface area contributed by atoms with Crippen molar-refractivity contribution in [3.8, 4) is 17.3 Å². The van der Waals surface area contributed by atoms with Crippen molar-refractivity contribution >= 4 is 0 Å². The van der Waals surface area contributed by atoms with Gasteiger partial charge in [0.25, 0.3) is 0 Å². The fourth-order valence-electron chi connectivity index (χ4n) is 2.63. The van der Waals surface area contributed by atoms with Crippen LogP contribution in [0.2, 0.25) is 0 Å². The van der Waals surface area contributed by atoms with Crippen molar-refractivity contribution in [1.29, 1.82) is 0 Å². The molecular weight excluding hydrogens is 268 g/mol. The van der Waals surface area contributed by atoms with Gasteiger partial charge in [-0.3, -0.25) is 0 Å². The molecule has 0 bridgehead atoms. The molecule has 1 atom stereocenters. The molecule has 21 heavy (non-hydrogen) atoms. The van der Waals surface area contributed by atoms with Crippen LogP contribution in [0.3, 0.4) is 0 Å². The van der Waals surface area contributed by atoms with Crippen LogP contribution in [0, 0.1) is 5.92 Å². The second-order valence-corrected chi connectivity index (χ2v) is 5.35. The van der Waals surface area contributed by atoms with Gasteiger partial charge in [-0.05, 0) is 44.3 Å². The smallest absolute Gasteiger partial charge is 0.227 e. The molecule has 1 saturated heterocycles. The molecule has 0 spiro atoms. The van der Waals surface area contributed by atoms with Crippen LogP contribution in [-0.4, -0.2) is 35.3 Å². The maximum absolute atomic E-state index is 5.38. The normalized spacial score (nSPS) is 19.2. The average Bonchev–Trinajstić information content (AvgIpc) is 2.83. The molecule has 6 heteroatoms. The Hall–Kier alpha value is -1.95. The molecule has 1 fully saturated rings. The van der Waals surface area contributed by atoms with E-state index in [0.29, 0.717) is 23.5 Å². The largest absolute Gasteiger partial charge is 0.481 e. The molecule has 1 N–H and O–H groups in total. The molecule has 2 aromatic heterocycles. The Morgan fingerprint density at radius 3 is 3.10 bits per heavy atom. The minimum atomic E-state index is 0.577. The number of methoxy groups -OCH3 is 1. The van der Waals surface area contributed by atoms with E-state index in [1.807, 2.05) is 6.07 Å². The van der Waals surface area contributed by atoms with Crippen LogP contribution in [-0.2, 0) is 6.42 Å². The van der Waals surface area contributed by atoms with Gasteiger partial charge in [-0.25, -0.2) is 4.98 Å². The minimum absolute atomic E-state index is 0.577. The SMILES string of the molecule is COc1ccc(-c2noc(CC3CCCNCC3)n2)cn1. The van der Waals surface area contributed by atoms with Crippen molar-refractivity contribution < 1.29 is 9.26 Å². The Bertz CT molecular complexity index is 559. The standard InChI is InChI=1S/C15H20N4O2/c1-20-13-5-4-12(10-17-13)15-18-14(21-19-15)9-11-3-2-7-16-8-6-11/h4-5,10-11,16H,2-3,6-9H2,1H3. The second kappa shape index (κ2) is 6.67. The predicted molar refractivity (Wildman–Crippen MR) is 78.0 cm³/mol. The van der Waals surface area contributed by atoms with Gasteiger partial charge in [0.05, 0.1) is 7.11 Å². The first-order chi connectivity index (χ1) is 10.3. The molecule has 0 aromatic carbocycles. The van der Waals surface area contributed by atoms with Gasteiger partial charge in [0.1, 0.15) is 0 Å². The quantitative estimate of drug-likeness (QED) is 0.928. The van der Waals surface area contributed by atoms with E-state index in [0.717, 1.165) is 25.1 Å². The van der Waals surface area contributed by atoms with Crippen molar-refractivity contribution in [2.45, 2.75) is 25.7 Å². The summed E-state index contributed by atoms with van der Waals surface area (Å²) in [6, 6.07) is 3.68. The highest BCUT2D eigenvalue weighted by molar-refractivity contribution is 5.52.